The van der Waals surface area contributed by atoms with Gasteiger partial charge in [-0.15, -0.1) is 0 Å². The second-order valence-corrected chi connectivity index (χ2v) is 18.4. The van der Waals surface area contributed by atoms with E-state index >= 15 is 0 Å². The number of hydrogen-bond acceptors (Lipinski definition) is 6. The lowest BCUT2D eigenvalue weighted by atomic mass is 10.0. The van der Waals surface area contributed by atoms with E-state index < -0.39 is 6.10 Å². The third-order valence-electron chi connectivity index (χ3n) is 11.5. The lowest BCUT2D eigenvalue weighted by Crippen LogP contribution is -2.30. The Bertz CT molecular complexity index is 870. The Morgan fingerprint density at radius 2 is 0.579 bits per heavy atom. The van der Waals surface area contributed by atoms with Crippen molar-refractivity contribution in [2.45, 2.75) is 285 Å². The molecule has 0 saturated heterocycles. The molecule has 0 saturated carbocycles. The molecule has 0 aliphatic rings. The zero-order chi connectivity index (χ0) is 41.9. The first kappa shape index (κ1) is 55.4. The van der Waals surface area contributed by atoms with Gasteiger partial charge in [-0.1, -0.05) is 240 Å². The number of carbonyl (C=O) groups is 3. The summed E-state index contributed by atoms with van der Waals surface area (Å²) in [5.41, 5.74) is 0. The van der Waals surface area contributed by atoms with Gasteiger partial charge in [-0.05, 0) is 31.1 Å². The molecule has 0 aromatic rings. The number of unbranched alkanes of at least 4 members (excludes halogenated alkanes) is 30. The van der Waals surface area contributed by atoms with Crippen LogP contribution in [-0.2, 0) is 28.6 Å². The van der Waals surface area contributed by atoms with Gasteiger partial charge in [0.15, 0.2) is 6.10 Å². The molecule has 0 aromatic carbocycles. The summed E-state index contributed by atoms with van der Waals surface area (Å²) >= 11 is 0. The zero-order valence-electron chi connectivity index (χ0n) is 39.0. The first-order valence-corrected chi connectivity index (χ1v) is 25.2. The first-order chi connectivity index (χ1) is 27.7. The standard InChI is InChI=1S/C51H98O6/c1-6-7-8-9-10-11-12-13-14-15-16-17-18-19-20-21-25-31-36-41-49(52)55-44-48(45-56-50(53)42-37-32-28-27-30-35-40-47(4)5)57-51(54)43-38-33-26-23-22-24-29-34-39-46(2)3/h46-48H,6-45H2,1-5H3/t48-/m1/s1. The minimum absolute atomic E-state index is 0.0653. The van der Waals surface area contributed by atoms with Crippen molar-refractivity contribution >= 4 is 17.9 Å². The Hall–Kier alpha value is -1.59. The van der Waals surface area contributed by atoms with Crippen molar-refractivity contribution in [3.05, 3.63) is 0 Å². The highest BCUT2D eigenvalue weighted by molar-refractivity contribution is 5.71. The molecular formula is C51H98O6. The summed E-state index contributed by atoms with van der Waals surface area (Å²) in [6, 6.07) is 0. The summed E-state index contributed by atoms with van der Waals surface area (Å²) in [5.74, 6) is 0.698. The van der Waals surface area contributed by atoms with Crippen LogP contribution >= 0.6 is 0 Å². The molecule has 1 atom stereocenters. The lowest BCUT2D eigenvalue weighted by molar-refractivity contribution is -0.167. The molecule has 0 aromatic heterocycles. The van der Waals surface area contributed by atoms with Gasteiger partial charge in [0.25, 0.3) is 0 Å². The Morgan fingerprint density at radius 1 is 0.333 bits per heavy atom. The maximum Gasteiger partial charge on any atom is 0.306 e. The fraction of sp³-hybridized carbons (Fsp3) is 0.941. The van der Waals surface area contributed by atoms with E-state index in [0.29, 0.717) is 19.3 Å². The van der Waals surface area contributed by atoms with E-state index in [-0.39, 0.29) is 31.1 Å². The van der Waals surface area contributed by atoms with Gasteiger partial charge in [-0.3, -0.25) is 14.4 Å². The Kier molecular flexibility index (Phi) is 42.7. The summed E-state index contributed by atoms with van der Waals surface area (Å²) in [5, 5.41) is 0. The van der Waals surface area contributed by atoms with Crippen LogP contribution < -0.4 is 0 Å². The van der Waals surface area contributed by atoms with Gasteiger partial charge in [0.2, 0.25) is 0 Å². The van der Waals surface area contributed by atoms with Crippen molar-refractivity contribution < 1.29 is 28.6 Å². The highest BCUT2D eigenvalue weighted by atomic mass is 16.6. The molecule has 338 valence electrons. The number of carbonyl (C=O) groups excluding carboxylic acids is 3. The topological polar surface area (TPSA) is 78.9 Å². The molecule has 0 aliphatic heterocycles. The van der Waals surface area contributed by atoms with Crippen LogP contribution in [0.1, 0.15) is 279 Å². The van der Waals surface area contributed by atoms with Gasteiger partial charge >= 0.3 is 17.9 Å². The van der Waals surface area contributed by atoms with Crippen LogP contribution in [0.4, 0.5) is 0 Å². The largest absolute Gasteiger partial charge is 0.462 e. The number of ether oxygens (including phenoxy) is 3. The molecule has 0 rings (SSSR count). The fourth-order valence-corrected chi connectivity index (χ4v) is 7.64. The van der Waals surface area contributed by atoms with Gasteiger partial charge in [-0.2, -0.15) is 0 Å². The highest BCUT2D eigenvalue weighted by Crippen LogP contribution is 2.17. The van der Waals surface area contributed by atoms with E-state index in [9.17, 15) is 14.4 Å². The molecule has 6 heteroatoms. The predicted molar refractivity (Wildman–Crippen MR) is 243 cm³/mol. The third kappa shape index (κ3) is 45.3. The van der Waals surface area contributed by atoms with Crippen molar-refractivity contribution in [3.8, 4) is 0 Å². The predicted octanol–water partition coefficient (Wildman–Crippen LogP) is 16.1. The lowest BCUT2D eigenvalue weighted by Gasteiger charge is -2.18. The highest BCUT2D eigenvalue weighted by Gasteiger charge is 2.19. The van der Waals surface area contributed by atoms with Gasteiger partial charge in [-0.25, -0.2) is 0 Å². The summed E-state index contributed by atoms with van der Waals surface area (Å²) in [7, 11) is 0. The zero-order valence-corrected chi connectivity index (χ0v) is 39.0. The quantitative estimate of drug-likeness (QED) is 0.0346. The molecule has 0 amide bonds. The van der Waals surface area contributed by atoms with Gasteiger partial charge < -0.3 is 14.2 Å². The average molecular weight is 807 g/mol. The molecule has 0 N–H and O–H groups in total. The SMILES string of the molecule is CCCCCCCCCCCCCCCCCCCCCC(=O)OC[C@H](COC(=O)CCCCCCCCC(C)C)OC(=O)CCCCCCCCCCC(C)C. The fourth-order valence-electron chi connectivity index (χ4n) is 7.64. The Balaban J connectivity index is 4.21. The van der Waals surface area contributed by atoms with Crippen LogP contribution in [-0.4, -0.2) is 37.2 Å². The normalized spacial score (nSPS) is 12.1. The van der Waals surface area contributed by atoms with E-state index in [4.69, 9.17) is 14.2 Å². The molecule has 0 heterocycles. The molecule has 0 bridgehead atoms. The number of rotatable bonds is 45. The van der Waals surface area contributed by atoms with Crippen LogP contribution in [0, 0.1) is 11.8 Å². The first-order valence-electron chi connectivity index (χ1n) is 25.2. The molecule has 0 unspecified atom stereocenters. The van der Waals surface area contributed by atoms with E-state index in [0.717, 1.165) is 69.6 Å². The van der Waals surface area contributed by atoms with E-state index in [1.807, 2.05) is 0 Å². The summed E-state index contributed by atoms with van der Waals surface area (Å²) < 4.78 is 16.7. The van der Waals surface area contributed by atoms with E-state index in [2.05, 4.69) is 34.6 Å². The minimum atomic E-state index is -0.762. The molecule has 0 fully saturated rings. The van der Waals surface area contributed by atoms with Crippen LogP contribution in [0.15, 0.2) is 0 Å². The van der Waals surface area contributed by atoms with Gasteiger partial charge in [0.1, 0.15) is 13.2 Å². The summed E-state index contributed by atoms with van der Waals surface area (Å²) in [6.45, 7) is 11.3. The van der Waals surface area contributed by atoms with Crippen molar-refractivity contribution in [2.75, 3.05) is 13.2 Å². The molecule has 57 heavy (non-hydrogen) atoms. The second kappa shape index (κ2) is 44.0. The second-order valence-electron chi connectivity index (χ2n) is 18.4. The smallest absolute Gasteiger partial charge is 0.306 e. The van der Waals surface area contributed by atoms with Crippen LogP contribution in [0.3, 0.4) is 0 Å². The van der Waals surface area contributed by atoms with Crippen molar-refractivity contribution in [1.82, 2.24) is 0 Å². The minimum Gasteiger partial charge on any atom is -0.462 e. The average Bonchev–Trinajstić information content (AvgIpc) is 3.18. The molecule has 0 radical (unpaired) electrons. The van der Waals surface area contributed by atoms with Crippen LogP contribution in [0.2, 0.25) is 0 Å². The van der Waals surface area contributed by atoms with Crippen molar-refractivity contribution in [3.63, 3.8) is 0 Å². The number of hydrogen-bond donors (Lipinski definition) is 0. The van der Waals surface area contributed by atoms with E-state index in [1.54, 1.807) is 0 Å². The maximum atomic E-state index is 12.7. The van der Waals surface area contributed by atoms with Crippen LogP contribution in [0.5, 0.6) is 0 Å². The summed E-state index contributed by atoms with van der Waals surface area (Å²) in [4.78, 5) is 37.8. The van der Waals surface area contributed by atoms with Gasteiger partial charge in [0.05, 0.1) is 0 Å². The van der Waals surface area contributed by atoms with Gasteiger partial charge in [0, 0.05) is 19.3 Å². The molecular weight excluding hydrogens is 709 g/mol. The molecule has 0 aliphatic carbocycles. The van der Waals surface area contributed by atoms with Crippen molar-refractivity contribution in [1.29, 1.82) is 0 Å². The molecule has 6 nitrogen and oxygen atoms in total. The third-order valence-corrected chi connectivity index (χ3v) is 11.5. The van der Waals surface area contributed by atoms with E-state index in [1.165, 1.54) is 167 Å². The van der Waals surface area contributed by atoms with Crippen molar-refractivity contribution in [2.24, 2.45) is 11.8 Å². The summed E-state index contributed by atoms with van der Waals surface area (Å²) in [6.07, 6.45) is 44.0. The number of esters is 3. The Labute approximate surface area is 355 Å². The maximum absolute atomic E-state index is 12.7. The Morgan fingerprint density at radius 3 is 0.860 bits per heavy atom. The molecule has 0 spiro atoms. The van der Waals surface area contributed by atoms with Crippen LogP contribution in [0.25, 0.3) is 0 Å². The monoisotopic (exact) mass is 807 g/mol.